The maximum absolute atomic E-state index is 5.01. The Hall–Kier alpha value is -4.76. The molecule has 4 aromatic carbocycles. The van der Waals surface area contributed by atoms with Crippen LogP contribution in [0.25, 0.3) is 57.6 Å². The fraction of sp³-hybridized carbons (Fsp3) is 0.135. The maximum Gasteiger partial charge on any atom is 0.143 e. The summed E-state index contributed by atoms with van der Waals surface area (Å²) in [5, 5.41) is 5.36. The fourth-order valence-electron chi connectivity index (χ4n) is 6.04. The van der Waals surface area contributed by atoms with Gasteiger partial charge in [0.15, 0.2) is 0 Å². The van der Waals surface area contributed by atoms with E-state index in [1.165, 1.54) is 43.5 Å². The minimum atomic E-state index is 0.664. The van der Waals surface area contributed by atoms with Gasteiger partial charge in [-0.1, -0.05) is 79.4 Å². The standard InChI is InChI=1S/C37H33N3/c1-5-14-35-33(6-2)39-37(32-21-11-12-22-34(32)38-4)40(35)24-26-15-13-16-27(23-26)36-30-19-9-7-17-28(30)25(3)29-18-8-10-20-31(29)36/h5-7,9,11-23H,2,4,8,10,24H2,1,3H3/b14-5-. The van der Waals surface area contributed by atoms with Crippen LogP contribution in [0.3, 0.4) is 0 Å². The van der Waals surface area contributed by atoms with Crippen LogP contribution in [-0.2, 0) is 6.54 Å². The number of rotatable bonds is 7. The number of benzene rings is 4. The summed E-state index contributed by atoms with van der Waals surface area (Å²) in [4.78, 5) is 9.29. The van der Waals surface area contributed by atoms with Crippen LogP contribution >= 0.6 is 0 Å². The van der Waals surface area contributed by atoms with E-state index in [2.05, 4.69) is 109 Å². The van der Waals surface area contributed by atoms with E-state index in [0.29, 0.717) is 6.54 Å². The van der Waals surface area contributed by atoms with Crippen LogP contribution in [0.1, 0.15) is 42.3 Å². The van der Waals surface area contributed by atoms with E-state index in [-0.39, 0.29) is 0 Å². The van der Waals surface area contributed by atoms with Gasteiger partial charge in [0.25, 0.3) is 0 Å². The largest absolute Gasteiger partial charge is 0.319 e. The number of hydrogen-bond acceptors (Lipinski definition) is 2. The zero-order valence-electron chi connectivity index (χ0n) is 23.2. The Morgan fingerprint density at radius 1 is 0.925 bits per heavy atom. The molecule has 0 fully saturated rings. The highest BCUT2D eigenvalue weighted by molar-refractivity contribution is 5.99. The highest BCUT2D eigenvalue weighted by atomic mass is 15.1. The molecular formula is C37H33N3. The van der Waals surface area contributed by atoms with Crippen LogP contribution in [-0.4, -0.2) is 16.3 Å². The van der Waals surface area contributed by atoms with Crippen molar-refractivity contribution in [3.63, 3.8) is 0 Å². The van der Waals surface area contributed by atoms with Crippen LogP contribution in [0.4, 0.5) is 5.69 Å². The molecule has 0 atom stereocenters. The third kappa shape index (κ3) is 4.34. The monoisotopic (exact) mass is 519 g/mol. The van der Waals surface area contributed by atoms with Crippen LogP contribution in [0.15, 0.2) is 90.4 Å². The number of allylic oxidation sites excluding steroid dienone is 1. The van der Waals surface area contributed by atoms with Crippen molar-refractivity contribution in [1.82, 2.24) is 9.55 Å². The van der Waals surface area contributed by atoms with E-state index in [1.807, 2.05) is 31.2 Å². The van der Waals surface area contributed by atoms with Gasteiger partial charge < -0.3 is 4.57 Å². The summed E-state index contributed by atoms with van der Waals surface area (Å²) in [5.41, 5.74) is 8.78. The van der Waals surface area contributed by atoms with Crippen LogP contribution in [0, 0.1) is 6.92 Å². The Balaban J connectivity index is 1.55. The van der Waals surface area contributed by atoms with Crippen molar-refractivity contribution in [2.75, 3.05) is 0 Å². The lowest BCUT2D eigenvalue weighted by molar-refractivity contribution is 0.799. The number of aliphatic imine (C=N–C) groups is 1. The van der Waals surface area contributed by atoms with Gasteiger partial charge in [-0.2, -0.15) is 0 Å². The second-order valence-corrected chi connectivity index (χ2v) is 10.2. The number of imidazole rings is 1. The number of aromatic nitrogens is 2. The molecule has 0 radical (unpaired) electrons. The maximum atomic E-state index is 5.01. The van der Waals surface area contributed by atoms with Gasteiger partial charge in [-0.15, -0.1) is 0 Å². The van der Waals surface area contributed by atoms with E-state index in [9.17, 15) is 0 Å². The van der Waals surface area contributed by atoms with Crippen molar-refractivity contribution in [1.29, 1.82) is 0 Å². The Morgan fingerprint density at radius 2 is 1.68 bits per heavy atom. The molecule has 1 heterocycles. The zero-order valence-corrected chi connectivity index (χ0v) is 23.2. The normalized spacial score (nSPS) is 12.7. The Bertz CT molecular complexity index is 1930. The molecule has 0 saturated carbocycles. The predicted octanol–water partition coefficient (Wildman–Crippen LogP) is 8.09. The molecule has 0 N–H and O–H groups in total. The zero-order chi connectivity index (χ0) is 27.6. The van der Waals surface area contributed by atoms with Gasteiger partial charge in [0.1, 0.15) is 5.82 Å². The number of nitrogens with zero attached hydrogens (tertiary/aromatic N) is 3. The van der Waals surface area contributed by atoms with Crippen molar-refractivity contribution >= 4 is 47.5 Å². The lowest BCUT2D eigenvalue weighted by Gasteiger charge is -2.17. The molecule has 0 bridgehead atoms. The molecule has 0 unspecified atom stereocenters. The summed E-state index contributed by atoms with van der Waals surface area (Å²) >= 11 is 0. The lowest BCUT2D eigenvalue weighted by Crippen LogP contribution is -2.31. The van der Waals surface area contributed by atoms with Crippen molar-refractivity contribution in [2.24, 2.45) is 4.99 Å². The highest BCUT2D eigenvalue weighted by Crippen LogP contribution is 2.33. The van der Waals surface area contributed by atoms with Gasteiger partial charge in [-0.3, -0.25) is 4.99 Å². The molecule has 3 nitrogen and oxygen atoms in total. The SMILES string of the molecule is C=Cc1nc(-c2ccccc2N=C)n(Cc2cccc(-c3c4c(c(C)c5ccccc35)=CCCC=4)c2)c1/C=C\C. The molecule has 6 rings (SSSR count). The average molecular weight is 520 g/mol. The van der Waals surface area contributed by atoms with E-state index in [1.54, 1.807) is 0 Å². The number of para-hydroxylation sites is 1. The van der Waals surface area contributed by atoms with Gasteiger partial charge in [-0.05, 0) is 107 Å². The molecule has 0 saturated heterocycles. The summed E-state index contributed by atoms with van der Waals surface area (Å²) in [7, 11) is 0. The summed E-state index contributed by atoms with van der Waals surface area (Å²) in [6.07, 6.45) is 13.0. The van der Waals surface area contributed by atoms with Crippen LogP contribution in [0.5, 0.6) is 0 Å². The first-order chi connectivity index (χ1) is 19.6. The van der Waals surface area contributed by atoms with E-state index < -0.39 is 0 Å². The van der Waals surface area contributed by atoms with Gasteiger partial charge >= 0.3 is 0 Å². The quantitative estimate of drug-likeness (QED) is 0.200. The molecule has 0 amide bonds. The second kappa shape index (κ2) is 10.8. The first-order valence-corrected chi connectivity index (χ1v) is 13.9. The van der Waals surface area contributed by atoms with Gasteiger partial charge in [0, 0.05) is 12.1 Å². The Kier molecular flexibility index (Phi) is 6.88. The van der Waals surface area contributed by atoms with E-state index >= 15 is 0 Å². The first kappa shape index (κ1) is 25.5. The van der Waals surface area contributed by atoms with Gasteiger partial charge in [-0.25, -0.2) is 4.98 Å². The molecule has 40 heavy (non-hydrogen) atoms. The fourth-order valence-corrected chi connectivity index (χ4v) is 6.04. The molecule has 3 heteroatoms. The third-order valence-electron chi connectivity index (χ3n) is 7.85. The highest BCUT2D eigenvalue weighted by Gasteiger charge is 2.18. The molecular weight excluding hydrogens is 486 g/mol. The summed E-state index contributed by atoms with van der Waals surface area (Å²) in [5.74, 6) is 0.859. The second-order valence-electron chi connectivity index (χ2n) is 10.2. The lowest BCUT2D eigenvalue weighted by atomic mass is 9.88. The first-order valence-electron chi connectivity index (χ1n) is 13.9. The van der Waals surface area contributed by atoms with Crippen molar-refractivity contribution in [3.8, 4) is 22.5 Å². The van der Waals surface area contributed by atoms with Crippen molar-refractivity contribution in [2.45, 2.75) is 33.2 Å². The Morgan fingerprint density at radius 3 is 2.45 bits per heavy atom. The van der Waals surface area contributed by atoms with Crippen molar-refractivity contribution < 1.29 is 0 Å². The van der Waals surface area contributed by atoms with Crippen LogP contribution < -0.4 is 10.4 Å². The van der Waals surface area contributed by atoms with E-state index in [0.717, 1.165) is 41.3 Å². The van der Waals surface area contributed by atoms with Crippen molar-refractivity contribution in [3.05, 3.63) is 118 Å². The van der Waals surface area contributed by atoms with Gasteiger partial charge in [0.2, 0.25) is 0 Å². The number of aryl methyl sites for hydroxylation is 1. The molecule has 5 aromatic rings. The summed E-state index contributed by atoms with van der Waals surface area (Å²) in [6, 6.07) is 25.8. The number of fused-ring (bicyclic) bond motifs is 2. The minimum absolute atomic E-state index is 0.664. The smallest absolute Gasteiger partial charge is 0.143 e. The van der Waals surface area contributed by atoms with Crippen LogP contribution in [0.2, 0.25) is 0 Å². The average Bonchev–Trinajstić information content (AvgIpc) is 3.34. The summed E-state index contributed by atoms with van der Waals surface area (Å²) < 4.78 is 2.27. The molecule has 1 aliphatic carbocycles. The number of hydrogen-bond donors (Lipinski definition) is 0. The molecule has 0 spiro atoms. The Labute approximate surface area is 235 Å². The molecule has 196 valence electrons. The summed E-state index contributed by atoms with van der Waals surface area (Å²) in [6.45, 7) is 12.8. The third-order valence-corrected chi connectivity index (χ3v) is 7.85. The molecule has 1 aromatic heterocycles. The minimum Gasteiger partial charge on any atom is -0.319 e. The topological polar surface area (TPSA) is 30.2 Å². The van der Waals surface area contributed by atoms with E-state index in [4.69, 9.17) is 4.98 Å². The van der Waals surface area contributed by atoms with Gasteiger partial charge in [0.05, 0.1) is 17.1 Å². The predicted molar refractivity (Wildman–Crippen MR) is 172 cm³/mol. The molecule has 1 aliphatic rings. The molecule has 0 aliphatic heterocycles.